The van der Waals surface area contributed by atoms with E-state index in [-0.39, 0.29) is 5.75 Å². The van der Waals surface area contributed by atoms with Crippen LogP contribution in [0.2, 0.25) is 5.02 Å². The molecule has 0 saturated carbocycles. The Morgan fingerprint density at radius 3 is 3.00 bits per heavy atom. The Labute approximate surface area is 102 Å². The highest BCUT2D eigenvalue weighted by Crippen LogP contribution is 2.26. The zero-order valence-corrected chi connectivity index (χ0v) is 10.1. The molecule has 1 saturated heterocycles. The predicted molar refractivity (Wildman–Crippen MR) is 67.0 cm³/mol. The molecule has 1 heterocycles. The summed E-state index contributed by atoms with van der Waals surface area (Å²) in [7, 11) is 0. The summed E-state index contributed by atoms with van der Waals surface area (Å²) >= 11 is 5.90. The summed E-state index contributed by atoms with van der Waals surface area (Å²) in [6.07, 6.45) is 4.85. The van der Waals surface area contributed by atoms with E-state index in [0.717, 1.165) is 25.4 Å². The van der Waals surface area contributed by atoms with Gasteiger partial charge in [-0.25, -0.2) is 0 Å². The van der Waals surface area contributed by atoms with E-state index in [1.54, 1.807) is 6.07 Å². The molecular formula is C13H18ClNO. The van der Waals surface area contributed by atoms with E-state index in [1.807, 2.05) is 12.1 Å². The first-order valence-corrected chi connectivity index (χ1v) is 6.31. The van der Waals surface area contributed by atoms with Gasteiger partial charge in [0.15, 0.2) is 0 Å². The number of hydrogen-bond acceptors (Lipinski definition) is 2. The van der Waals surface area contributed by atoms with E-state index in [4.69, 9.17) is 11.6 Å². The van der Waals surface area contributed by atoms with Crippen molar-refractivity contribution in [2.75, 3.05) is 13.1 Å². The van der Waals surface area contributed by atoms with Gasteiger partial charge in [-0.05, 0) is 62.4 Å². The number of hydrogen-bond donors (Lipinski definition) is 2. The van der Waals surface area contributed by atoms with Crippen molar-refractivity contribution in [3.8, 4) is 5.75 Å². The lowest BCUT2D eigenvalue weighted by Crippen LogP contribution is -2.14. The second-order valence-corrected chi connectivity index (χ2v) is 4.94. The largest absolute Gasteiger partial charge is 0.506 e. The Balaban J connectivity index is 1.99. The maximum Gasteiger partial charge on any atom is 0.134 e. The molecule has 16 heavy (non-hydrogen) atoms. The number of aromatic hydroxyl groups is 1. The molecule has 0 amide bonds. The molecule has 1 atom stereocenters. The van der Waals surface area contributed by atoms with Crippen molar-refractivity contribution < 1.29 is 5.11 Å². The SMILES string of the molecule is Oc1ccc(CC2CCCNCC2)cc1Cl. The fourth-order valence-corrected chi connectivity index (χ4v) is 2.51. The second-order valence-electron chi connectivity index (χ2n) is 4.54. The Morgan fingerprint density at radius 2 is 2.19 bits per heavy atom. The average Bonchev–Trinajstić information content (AvgIpc) is 2.52. The van der Waals surface area contributed by atoms with Crippen LogP contribution in [0.15, 0.2) is 18.2 Å². The molecule has 0 aromatic heterocycles. The molecule has 88 valence electrons. The van der Waals surface area contributed by atoms with E-state index in [9.17, 15) is 5.11 Å². The quantitative estimate of drug-likeness (QED) is 0.832. The maximum atomic E-state index is 9.35. The van der Waals surface area contributed by atoms with Gasteiger partial charge < -0.3 is 10.4 Å². The molecule has 2 N–H and O–H groups in total. The monoisotopic (exact) mass is 239 g/mol. The minimum Gasteiger partial charge on any atom is -0.506 e. The van der Waals surface area contributed by atoms with Crippen LogP contribution < -0.4 is 5.32 Å². The Hall–Kier alpha value is -0.730. The molecule has 3 heteroatoms. The number of rotatable bonds is 2. The number of nitrogens with one attached hydrogen (secondary N) is 1. The molecule has 1 fully saturated rings. The summed E-state index contributed by atoms with van der Waals surface area (Å²) in [5.41, 5.74) is 1.23. The summed E-state index contributed by atoms with van der Waals surface area (Å²) in [6, 6.07) is 5.54. The molecule has 1 aromatic rings. The Kier molecular flexibility index (Phi) is 4.08. The van der Waals surface area contributed by atoms with Crippen molar-refractivity contribution in [3.63, 3.8) is 0 Å². The third kappa shape index (κ3) is 3.13. The average molecular weight is 240 g/mol. The van der Waals surface area contributed by atoms with Crippen LogP contribution in [-0.4, -0.2) is 18.2 Å². The highest BCUT2D eigenvalue weighted by atomic mass is 35.5. The van der Waals surface area contributed by atoms with Crippen LogP contribution >= 0.6 is 11.6 Å². The van der Waals surface area contributed by atoms with Crippen molar-refractivity contribution in [1.29, 1.82) is 0 Å². The minimum atomic E-state index is 0.174. The standard InChI is InChI=1S/C13H18ClNO/c14-12-9-11(3-4-13(12)16)8-10-2-1-6-15-7-5-10/h3-4,9-10,15-16H,1-2,5-8H2. The summed E-state index contributed by atoms with van der Waals surface area (Å²) in [4.78, 5) is 0. The summed E-state index contributed by atoms with van der Waals surface area (Å²) in [5, 5.41) is 13.2. The van der Waals surface area contributed by atoms with E-state index in [2.05, 4.69) is 5.32 Å². The van der Waals surface area contributed by atoms with Crippen molar-refractivity contribution in [2.45, 2.75) is 25.7 Å². The molecule has 0 bridgehead atoms. The van der Waals surface area contributed by atoms with Crippen molar-refractivity contribution in [1.82, 2.24) is 5.32 Å². The smallest absolute Gasteiger partial charge is 0.134 e. The van der Waals surface area contributed by atoms with Gasteiger partial charge in [0.05, 0.1) is 5.02 Å². The highest BCUT2D eigenvalue weighted by molar-refractivity contribution is 6.32. The van der Waals surface area contributed by atoms with Crippen molar-refractivity contribution in [3.05, 3.63) is 28.8 Å². The van der Waals surface area contributed by atoms with Gasteiger partial charge in [0.25, 0.3) is 0 Å². The van der Waals surface area contributed by atoms with Crippen LogP contribution in [0.5, 0.6) is 5.75 Å². The van der Waals surface area contributed by atoms with Crippen LogP contribution in [0.1, 0.15) is 24.8 Å². The molecule has 1 aliphatic heterocycles. The van der Waals surface area contributed by atoms with Crippen LogP contribution in [0, 0.1) is 5.92 Å². The van der Waals surface area contributed by atoms with Gasteiger partial charge in [-0.1, -0.05) is 17.7 Å². The fraction of sp³-hybridized carbons (Fsp3) is 0.538. The molecule has 2 rings (SSSR count). The van der Waals surface area contributed by atoms with Crippen LogP contribution in [-0.2, 0) is 6.42 Å². The molecule has 0 spiro atoms. The molecule has 0 aliphatic carbocycles. The predicted octanol–water partition coefficient (Wildman–Crippen LogP) is 2.98. The molecule has 1 aromatic carbocycles. The third-order valence-corrected chi connectivity index (χ3v) is 3.53. The first-order valence-electron chi connectivity index (χ1n) is 5.94. The normalized spacial score (nSPS) is 21.7. The lowest BCUT2D eigenvalue weighted by molar-refractivity contribution is 0.465. The van der Waals surface area contributed by atoms with Crippen LogP contribution in [0.4, 0.5) is 0 Å². The summed E-state index contributed by atoms with van der Waals surface area (Å²) in [5.74, 6) is 0.920. The van der Waals surface area contributed by atoms with Gasteiger partial charge in [0, 0.05) is 0 Å². The first-order chi connectivity index (χ1) is 7.75. The van der Waals surface area contributed by atoms with E-state index >= 15 is 0 Å². The molecular weight excluding hydrogens is 222 g/mol. The Morgan fingerprint density at radius 1 is 1.31 bits per heavy atom. The lowest BCUT2D eigenvalue weighted by atomic mass is 9.93. The van der Waals surface area contributed by atoms with Crippen LogP contribution in [0.3, 0.4) is 0 Å². The van der Waals surface area contributed by atoms with Gasteiger partial charge in [-0.3, -0.25) is 0 Å². The fourth-order valence-electron chi connectivity index (χ4n) is 2.31. The third-order valence-electron chi connectivity index (χ3n) is 3.23. The Bertz CT molecular complexity index is 346. The van der Waals surface area contributed by atoms with E-state index < -0.39 is 0 Å². The van der Waals surface area contributed by atoms with Gasteiger partial charge in [-0.15, -0.1) is 0 Å². The van der Waals surface area contributed by atoms with Gasteiger partial charge in [0.1, 0.15) is 5.75 Å². The van der Waals surface area contributed by atoms with Gasteiger partial charge in [-0.2, -0.15) is 0 Å². The second kappa shape index (κ2) is 5.55. The highest BCUT2D eigenvalue weighted by Gasteiger charge is 2.13. The van der Waals surface area contributed by atoms with Gasteiger partial charge >= 0.3 is 0 Å². The number of phenols is 1. The van der Waals surface area contributed by atoms with Crippen molar-refractivity contribution in [2.24, 2.45) is 5.92 Å². The van der Waals surface area contributed by atoms with Crippen LogP contribution in [0.25, 0.3) is 0 Å². The molecule has 1 aliphatic rings. The molecule has 2 nitrogen and oxygen atoms in total. The number of halogens is 1. The zero-order chi connectivity index (χ0) is 11.4. The molecule has 0 radical (unpaired) electrons. The minimum absolute atomic E-state index is 0.174. The number of phenolic OH excluding ortho intramolecular Hbond substituents is 1. The number of benzene rings is 1. The summed E-state index contributed by atoms with van der Waals surface area (Å²) < 4.78 is 0. The maximum absolute atomic E-state index is 9.35. The topological polar surface area (TPSA) is 32.3 Å². The first kappa shape index (κ1) is 11.7. The van der Waals surface area contributed by atoms with E-state index in [1.165, 1.54) is 24.8 Å². The lowest BCUT2D eigenvalue weighted by Gasteiger charge is -2.13. The van der Waals surface area contributed by atoms with Gasteiger partial charge in [0.2, 0.25) is 0 Å². The zero-order valence-electron chi connectivity index (χ0n) is 9.38. The summed E-state index contributed by atoms with van der Waals surface area (Å²) in [6.45, 7) is 2.27. The van der Waals surface area contributed by atoms with Crippen molar-refractivity contribution >= 4 is 11.6 Å². The van der Waals surface area contributed by atoms with E-state index in [0.29, 0.717) is 5.02 Å². The molecule has 1 unspecified atom stereocenters.